The maximum Gasteiger partial charge on any atom is 0.296 e. The fourth-order valence-electron chi connectivity index (χ4n) is 4.27. The smallest absolute Gasteiger partial charge is 0.296 e. The number of halogens is 1. The number of ketones is 1. The number of carbonyl (C=O) groups is 2. The summed E-state index contributed by atoms with van der Waals surface area (Å²) >= 11 is 6.16. The minimum absolute atomic E-state index is 0.0446. The fraction of sp³-hybridized carbons (Fsp3) is 0.120. The van der Waals surface area contributed by atoms with Crippen molar-refractivity contribution in [1.82, 2.24) is 9.88 Å². The zero-order valence-electron chi connectivity index (χ0n) is 17.5. The number of aromatic amines is 1. The number of carbonyl (C=O) groups excluding carboxylic acids is 2. The van der Waals surface area contributed by atoms with E-state index >= 15 is 0 Å². The van der Waals surface area contributed by atoms with Crippen LogP contribution in [0.3, 0.4) is 0 Å². The van der Waals surface area contributed by atoms with Gasteiger partial charge in [0.05, 0.1) is 37.1 Å². The van der Waals surface area contributed by atoms with Crippen molar-refractivity contribution in [2.24, 2.45) is 0 Å². The second-order valence-electron chi connectivity index (χ2n) is 7.64. The van der Waals surface area contributed by atoms with E-state index in [1.807, 2.05) is 24.3 Å². The molecule has 5 rings (SSSR count). The maximum atomic E-state index is 13.3. The first-order valence-corrected chi connectivity index (χ1v) is 10.6. The van der Waals surface area contributed by atoms with Gasteiger partial charge in [0.15, 0.2) is 0 Å². The number of hydrogen-bond acceptors (Lipinski definition) is 5. The molecule has 7 nitrogen and oxygen atoms in total. The molecule has 2 N–H and O–H groups in total. The van der Waals surface area contributed by atoms with Crippen molar-refractivity contribution < 1.29 is 23.8 Å². The van der Waals surface area contributed by atoms with Crippen molar-refractivity contribution in [3.8, 4) is 5.75 Å². The third-order valence-corrected chi connectivity index (χ3v) is 6.01. The van der Waals surface area contributed by atoms with E-state index in [1.54, 1.807) is 30.5 Å². The molecule has 4 aromatic rings. The van der Waals surface area contributed by atoms with Crippen molar-refractivity contribution in [2.45, 2.75) is 12.6 Å². The molecule has 1 atom stereocenters. The van der Waals surface area contributed by atoms with E-state index in [9.17, 15) is 14.7 Å². The van der Waals surface area contributed by atoms with E-state index in [0.29, 0.717) is 22.1 Å². The summed E-state index contributed by atoms with van der Waals surface area (Å²) in [4.78, 5) is 31.0. The van der Waals surface area contributed by atoms with Gasteiger partial charge in [0.25, 0.3) is 11.7 Å². The van der Waals surface area contributed by atoms with Crippen molar-refractivity contribution in [1.29, 1.82) is 0 Å². The number of ether oxygens (including phenoxy) is 1. The fourth-order valence-corrected chi connectivity index (χ4v) is 4.44. The molecule has 1 aliphatic rings. The standard InChI is InChI=1S/C25H19ClN2O5/c1-32-20-9-8-14(26)11-17(20)23(29)21-22(18-12-27-19-7-3-2-6-16(18)19)28(25(31)24(21)30)13-15-5-4-10-33-15/h2-12,22,27,29H,13H2,1H3/b23-21+. The maximum absolute atomic E-state index is 13.3. The van der Waals surface area contributed by atoms with Gasteiger partial charge in [-0.2, -0.15) is 0 Å². The molecule has 0 bridgehead atoms. The Bertz CT molecular complexity index is 1400. The van der Waals surface area contributed by atoms with Crippen LogP contribution >= 0.6 is 11.6 Å². The number of nitrogens with one attached hydrogen (secondary N) is 1. The molecule has 8 heteroatoms. The lowest BCUT2D eigenvalue weighted by Gasteiger charge is -2.24. The van der Waals surface area contributed by atoms with Crippen molar-refractivity contribution in [3.63, 3.8) is 0 Å². The predicted molar refractivity (Wildman–Crippen MR) is 123 cm³/mol. The number of amides is 1. The molecular formula is C25H19ClN2O5. The van der Waals surface area contributed by atoms with E-state index < -0.39 is 17.7 Å². The summed E-state index contributed by atoms with van der Waals surface area (Å²) in [5, 5.41) is 12.5. The first-order chi connectivity index (χ1) is 16.0. The molecule has 1 fully saturated rings. The average molecular weight is 463 g/mol. The third kappa shape index (κ3) is 3.47. The topological polar surface area (TPSA) is 95.8 Å². The molecule has 0 radical (unpaired) electrons. The Hall–Kier alpha value is -3.97. The molecule has 1 aliphatic heterocycles. The van der Waals surface area contributed by atoms with E-state index in [-0.39, 0.29) is 23.4 Å². The minimum Gasteiger partial charge on any atom is -0.507 e. The van der Waals surface area contributed by atoms with Gasteiger partial charge >= 0.3 is 0 Å². The Morgan fingerprint density at radius 2 is 2.00 bits per heavy atom. The monoisotopic (exact) mass is 462 g/mol. The summed E-state index contributed by atoms with van der Waals surface area (Å²) in [5.41, 5.74) is 1.71. The number of fused-ring (bicyclic) bond motifs is 1. The summed E-state index contributed by atoms with van der Waals surface area (Å²) in [6, 6.07) is 14.9. The number of para-hydroxylation sites is 1. The zero-order valence-corrected chi connectivity index (χ0v) is 18.3. The quantitative estimate of drug-likeness (QED) is 0.246. The molecule has 166 valence electrons. The van der Waals surface area contributed by atoms with Gasteiger partial charge in [-0.1, -0.05) is 29.8 Å². The Morgan fingerprint density at radius 3 is 2.76 bits per heavy atom. The number of H-pyrrole nitrogens is 1. The van der Waals surface area contributed by atoms with Gasteiger partial charge in [0, 0.05) is 27.7 Å². The SMILES string of the molecule is COc1ccc(Cl)cc1/C(O)=C1\C(=O)C(=O)N(Cc2ccco2)C1c1c[nH]c2ccccc12. The molecular weight excluding hydrogens is 444 g/mol. The number of nitrogens with zero attached hydrogens (tertiary/aromatic N) is 1. The number of aliphatic hydroxyl groups excluding tert-OH is 1. The van der Waals surface area contributed by atoms with Gasteiger partial charge < -0.3 is 24.1 Å². The molecule has 0 saturated carbocycles. The second kappa shape index (κ2) is 8.18. The number of aliphatic hydroxyl groups is 1. The molecule has 3 heterocycles. The normalized spacial score (nSPS) is 17.8. The van der Waals surface area contributed by atoms with Crippen LogP contribution in [0.4, 0.5) is 0 Å². The molecule has 33 heavy (non-hydrogen) atoms. The Kier molecular flexibility index (Phi) is 5.18. The van der Waals surface area contributed by atoms with Crippen molar-refractivity contribution in [3.05, 3.63) is 94.5 Å². The lowest BCUT2D eigenvalue weighted by Crippen LogP contribution is -2.29. The molecule has 0 aliphatic carbocycles. The highest BCUT2D eigenvalue weighted by atomic mass is 35.5. The number of Topliss-reactive ketones (excluding diaryl/α,β-unsaturated/α-hetero) is 1. The molecule has 2 aromatic carbocycles. The first kappa shape index (κ1) is 20.9. The number of furan rings is 1. The molecule has 1 unspecified atom stereocenters. The zero-order chi connectivity index (χ0) is 23.1. The van der Waals surface area contributed by atoms with E-state index in [1.165, 1.54) is 24.3 Å². The van der Waals surface area contributed by atoms with Gasteiger partial charge in [-0.25, -0.2) is 0 Å². The van der Waals surface area contributed by atoms with E-state index in [0.717, 1.165) is 10.9 Å². The van der Waals surface area contributed by atoms with Crippen LogP contribution < -0.4 is 4.74 Å². The van der Waals surface area contributed by atoms with Crippen LogP contribution in [-0.2, 0) is 16.1 Å². The van der Waals surface area contributed by atoms with Crippen LogP contribution in [0.25, 0.3) is 16.7 Å². The number of likely N-dealkylation sites (tertiary alicyclic amines) is 1. The van der Waals surface area contributed by atoms with Gasteiger partial charge in [-0.15, -0.1) is 0 Å². The Balaban J connectivity index is 1.75. The Morgan fingerprint density at radius 1 is 1.18 bits per heavy atom. The van der Waals surface area contributed by atoms with Crippen LogP contribution in [0.5, 0.6) is 5.75 Å². The van der Waals surface area contributed by atoms with E-state index in [4.69, 9.17) is 20.8 Å². The van der Waals surface area contributed by atoms with Gasteiger partial charge in [-0.3, -0.25) is 9.59 Å². The molecule has 2 aromatic heterocycles. The molecule has 1 saturated heterocycles. The van der Waals surface area contributed by atoms with Crippen molar-refractivity contribution >= 4 is 40.0 Å². The lowest BCUT2D eigenvalue weighted by atomic mass is 9.94. The van der Waals surface area contributed by atoms with Gasteiger partial charge in [0.1, 0.15) is 17.3 Å². The van der Waals surface area contributed by atoms with Gasteiger partial charge in [-0.05, 0) is 36.4 Å². The number of hydrogen-bond donors (Lipinski definition) is 2. The highest BCUT2D eigenvalue weighted by molar-refractivity contribution is 6.46. The first-order valence-electron chi connectivity index (χ1n) is 10.2. The van der Waals surface area contributed by atoms with Crippen LogP contribution in [0, 0.1) is 0 Å². The average Bonchev–Trinajstić information content (AvgIpc) is 3.54. The molecule has 1 amide bonds. The lowest BCUT2D eigenvalue weighted by molar-refractivity contribution is -0.140. The number of rotatable bonds is 5. The van der Waals surface area contributed by atoms with Crippen LogP contribution in [0.1, 0.15) is 22.9 Å². The third-order valence-electron chi connectivity index (χ3n) is 5.78. The largest absolute Gasteiger partial charge is 0.507 e. The summed E-state index contributed by atoms with van der Waals surface area (Å²) in [6.45, 7) is 0.0607. The highest BCUT2D eigenvalue weighted by Gasteiger charge is 2.47. The summed E-state index contributed by atoms with van der Waals surface area (Å²) in [5.74, 6) is -1.04. The van der Waals surface area contributed by atoms with Gasteiger partial charge in [0.2, 0.25) is 0 Å². The highest BCUT2D eigenvalue weighted by Crippen LogP contribution is 2.44. The van der Waals surface area contributed by atoms with E-state index in [2.05, 4.69) is 4.98 Å². The van der Waals surface area contributed by atoms with Crippen LogP contribution in [0.15, 0.2) is 77.0 Å². The molecule has 0 spiro atoms. The van der Waals surface area contributed by atoms with Crippen LogP contribution in [-0.4, -0.2) is 33.8 Å². The predicted octanol–water partition coefficient (Wildman–Crippen LogP) is 5.04. The van der Waals surface area contributed by atoms with Crippen LogP contribution in [0.2, 0.25) is 5.02 Å². The minimum atomic E-state index is -0.852. The van der Waals surface area contributed by atoms with Crippen molar-refractivity contribution in [2.75, 3.05) is 7.11 Å². The second-order valence-corrected chi connectivity index (χ2v) is 8.08. The summed E-state index contributed by atoms with van der Waals surface area (Å²) in [7, 11) is 1.45. The summed E-state index contributed by atoms with van der Waals surface area (Å²) in [6.07, 6.45) is 3.25. The Labute approximate surface area is 193 Å². The number of methoxy groups -OCH3 is 1. The number of aromatic nitrogens is 1. The summed E-state index contributed by atoms with van der Waals surface area (Å²) < 4.78 is 10.8. The number of benzene rings is 2.